The average molecular weight is 293 g/mol. The number of rotatable bonds is 2. The molecule has 6 heteroatoms. The Morgan fingerprint density at radius 1 is 1.35 bits per heavy atom. The first-order chi connectivity index (χ1) is 8.18. The molecule has 0 aliphatic heterocycles. The molecule has 2 rings (SSSR count). The number of carbonyl (C=O) groups excluding carboxylic acids is 1. The van der Waals surface area contributed by atoms with Gasteiger partial charge in [0, 0.05) is 10.7 Å². The lowest BCUT2D eigenvalue weighted by Crippen LogP contribution is -2.15. The normalized spacial score (nSPS) is 9.94. The first-order valence-electron chi connectivity index (χ1n) is 4.80. The summed E-state index contributed by atoms with van der Waals surface area (Å²) in [5.74, 6) is 0.131. The van der Waals surface area contributed by atoms with Crippen molar-refractivity contribution in [1.82, 2.24) is 9.97 Å². The van der Waals surface area contributed by atoms with E-state index in [0.717, 1.165) is 0 Å². The molecular weight excluding hydrogens is 284 g/mol. The molecule has 3 N–H and O–H groups in total. The monoisotopic (exact) mass is 292 g/mol. The molecule has 0 radical (unpaired) electrons. The van der Waals surface area contributed by atoms with Crippen LogP contribution in [0, 0.1) is 0 Å². The van der Waals surface area contributed by atoms with Crippen LogP contribution in [0.15, 0.2) is 41.3 Å². The molecule has 0 fully saturated rings. The quantitative estimate of drug-likeness (QED) is 0.831. The van der Waals surface area contributed by atoms with Crippen LogP contribution in [-0.4, -0.2) is 15.9 Å². The number of carbonyl (C=O) groups is 1. The largest absolute Gasteiger partial charge is 0.397 e. The maximum absolute atomic E-state index is 11.9. The van der Waals surface area contributed by atoms with E-state index < -0.39 is 0 Å². The molecule has 0 saturated heterocycles. The van der Waals surface area contributed by atoms with Crippen LogP contribution >= 0.6 is 15.9 Å². The highest BCUT2D eigenvalue weighted by Crippen LogP contribution is 2.23. The first-order valence-corrected chi connectivity index (χ1v) is 5.59. The van der Waals surface area contributed by atoms with Crippen LogP contribution in [0.3, 0.4) is 0 Å². The Bertz CT molecular complexity index is 544. The highest BCUT2D eigenvalue weighted by molar-refractivity contribution is 9.10. The van der Waals surface area contributed by atoms with Gasteiger partial charge >= 0.3 is 0 Å². The van der Waals surface area contributed by atoms with Crippen molar-refractivity contribution in [3.63, 3.8) is 0 Å². The summed E-state index contributed by atoms with van der Waals surface area (Å²) >= 11 is 3.27. The summed E-state index contributed by atoms with van der Waals surface area (Å²) < 4.78 is 0.688. The van der Waals surface area contributed by atoms with Crippen molar-refractivity contribution in [3.8, 4) is 0 Å². The number of anilines is 2. The van der Waals surface area contributed by atoms with Crippen LogP contribution in [0.4, 0.5) is 11.5 Å². The zero-order valence-electron chi connectivity index (χ0n) is 8.72. The van der Waals surface area contributed by atoms with E-state index in [1.807, 2.05) is 0 Å². The number of nitrogens with zero attached hydrogens (tertiary/aromatic N) is 2. The minimum atomic E-state index is -0.303. The lowest BCUT2D eigenvalue weighted by Gasteiger charge is -2.07. The van der Waals surface area contributed by atoms with Crippen molar-refractivity contribution < 1.29 is 4.79 Å². The Hall–Kier alpha value is -1.95. The molecule has 2 aromatic rings. The van der Waals surface area contributed by atoms with Crippen molar-refractivity contribution in [3.05, 3.63) is 46.8 Å². The summed E-state index contributed by atoms with van der Waals surface area (Å²) in [5, 5.41) is 2.64. The van der Waals surface area contributed by atoms with E-state index in [1.54, 1.807) is 30.5 Å². The fourth-order valence-electron chi connectivity index (χ4n) is 1.28. The van der Waals surface area contributed by atoms with Gasteiger partial charge in [-0.15, -0.1) is 0 Å². The second kappa shape index (κ2) is 4.92. The molecule has 0 bridgehead atoms. The van der Waals surface area contributed by atoms with Gasteiger partial charge in [0.2, 0.25) is 0 Å². The lowest BCUT2D eigenvalue weighted by atomic mass is 10.1. The summed E-state index contributed by atoms with van der Waals surface area (Å²) in [6.45, 7) is 0. The lowest BCUT2D eigenvalue weighted by molar-refractivity contribution is 0.102. The zero-order valence-corrected chi connectivity index (χ0v) is 10.3. The van der Waals surface area contributed by atoms with Gasteiger partial charge < -0.3 is 11.1 Å². The Kier molecular flexibility index (Phi) is 3.34. The average Bonchev–Trinajstić information content (AvgIpc) is 2.34. The van der Waals surface area contributed by atoms with Crippen molar-refractivity contribution in [1.29, 1.82) is 0 Å². The summed E-state index contributed by atoms with van der Waals surface area (Å²) in [7, 11) is 0. The predicted octanol–water partition coefficient (Wildman–Crippen LogP) is 2.07. The molecule has 0 spiro atoms. The Labute approximate surface area is 106 Å². The molecular formula is C11H9BrN4O. The highest BCUT2D eigenvalue weighted by Gasteiger charge is 2.11. The summed E-state index contributed by atoms with van der Waals surface area (Å²) in [6, 6.07) is 6.77. The second-order valence-electron chi connectivity index (χ2n) is 3.25. The third-order valence-corrected chi connectivity index (χ3v) is 2.81. The zero-order chi connectivity index (χ0) is 12.3. The number of benzene rings is 1. The fraction of sp³-hybridized carbons (Fsp3) is 0. The van der Waals surface area contributed by atoms with E-state index in [4.69, 9.17) is 5.73 Å². The standard InChI is InChI=1S/C11H9BrN4O/c12-8-3-1-2-7(10(8)13)11(17)16-9-4-5-14-6-15-9/h1-6H,13H2,(H,14,15,16,17). The van der Waals surface area contributed by atoms with Gasteiger partial charge in [-0.05, 0) is 34.1 Å². The van der Waals surface area contributed by atoms with Crippen molar-refractivity contribution in [2.45, 2.75) is 0 Å². The molecule has 0 aliphatic rings. The Balaban J connectivity index is 2.24. The SMILES string of the molecule is Nc1c(Br)cccc1C(=O)Nc1ccncn1. The smallest absolute Gasteiger partial charge is 0.258 e. The van der Waals surface area contributed by atoms with Gasteiger partial charge in [0.15, 0.2) is 0 Å². The molecule has 5 nitrogen and oxygen atoms in total. The third-order valence-electron chi connectivity index (χ3n) is 2.12. The molecule has 0 unspecified atom stereocenters. The molecule has 86 valence electrons. The maximum atomic E-state index is 11.9. The van der Waals surface area contributed by atoms with Crippen LogP contribution in [-0.2, 0) is 0 Å². The topological polar surface area (TPSA) is 80.9 Å². The summed E-state index contributed by atoms with van der Waals surface area (Å²) in [4.78, 5) is 19.6. The van der Waals surface area contributed by atoms with E-state index in [1.165, 1.54) is 6.33 Å². The van der Waals surface area contributed by atoms with Crippen molar-refractivity contribution >= 4 is 33.3 Å². The number of para-hydroxylation sites is 1. The molecule has 0 atom stereocenters. The van der Waals surface area contributed by atoms with Crippen LogP contribution in [0.2, 0.25) is 0 Å². The molecule has 0 aliphatic carbocycles. The molecule has 1 amide bonds. The van der Waals surface area contributed by atoms with E-state index in [0.29, 0.717) is 21.5 Å². The molecule has 1 aromatic carbocycles. The predicted molar refractivity (Wildman–Crippen MR) is 68.5 cm³/mol. The van der Waals surface area contributed by atoms with Crippen LogP contribution in [0.1, 0.15) is 10.4 Å². The number of hydrogen-bond acceptors (Lipinski definition) is 4. The van der Waals surface area contributed by atoms with Crippen molar-refractivity contribution in [2.75, 3.05) is 11.1 Å². The van der Waals surface area contributed by atoms with E-state index in [9.17, 15) is 4.79 Å². The van der Waals surface area contributed by atoms with Gasteiger partial charge in [-0.25, -0.2) is 9.97 Å². The molecule has 17 heavy (non-hydrogen) atoms. The number of hydrogen-bond donors (Lipinski definition) is 2. The summed E-state index contributed by atoms with van der Waals surface area (Å²) in [5.41, 5.74) is 6.60. The highest BCUT2D eigenvalue weighted by atomic mass is 79.9. The number of nitrogens with one attached hydrogen (secondary N) is 1. The number of amides is 1. The van der Waals surface area contributed by atoms with Crippen LogP contribution < -0.4 is 11.1 Å². The molecule has 1 heterocycles. The number of halogens is 1. The first kappa shape index (κ1) is 11.5. The van der Waals surface area contributed by atoms with E-state index in [-0.39, 0.29) is 5.91 Å². The van der Waals surface area contributed by atoms with Gasteiger partial charge in [0.1, 0.15) is 12.1 Å². The fourth-order valence-corrected chi connectivity index (χ4v) is 1.65. The molecule has 1 aromatic heterocycles. The number of aromatic nitrogens is 2. The second-order valence-corrected chi connectivity index (χ2v) is 4.10. The molecule has 0 saturated carbocycles. The Morgan fingerprint density at radius 3 is 2.88 bits per heavy atom. The van der Waals surface area contributed by atoms with Crippen molar-refractivity contribution in [2.24, 2.45) is 0 Å². The minimum Gasteiger partial charge on any atom is -0.397 e. The van der Waals surface area contributed by atoms with Gasteiger partial charge in [-0.3, -0.25) is 4.79 Å². The van der Waals surface area contributed by atoms with Gasteiger partial charge in [-0.1, -0.05) is 6.07 Å². The Morgan fingerprint density at radius 2 is 2.18 bits per heavy atom. The van der Waals surface area contributed by atoms with Gasteiger partial charge in [0.25, 0.3) is 5.91 Å². The third kappa shape index (κ3) is 2.59. The van der Waals surface area contributed by atoms with Crippen LogP contribution in [0.25, 0.3) is 0 Å². The number of nitrogen functional groups attached to an aromatic ring is 1. The summed E-state index contributed by atoms with van der Waals surface area (Å²) in [6.07, 6.45) is 2.91. The number of nitrogens with two attached hydrogens (primary N) is 1. The van der Waals surface area contributed by atoms with Gasteiger partial charge in [0.05, 0.1) is 11.3 Å². The van der Waals surface area contributed by atoms with Crippen LogP contribution in [0.5, 0.6) is 0 Å². The van der Waals surface area contributed by atoms with E-state index in [2.05, 4.69) is 31.2 Å². The maximum Gasteiger partial charge on any atom is 0.258 e. The van der Waals surface area contributed by atoms with E-state index >= 15 is 0 Å². The van der Waals surface area contributed by atoms with Gasteiger partial charge in [-0.2, -0.15) is 0 Å². The minimum absolute atomic E-state index is 0.303.